The van der Waals surface area contributed by atoms with Crippen molar-refractivity contribution in [3.05, 3.63) is 28.0 Å². The van der Waals surface area contributed by atoms with Gasteiger partial charge < -0.3 is 0 Å². The molecular formula is C8H5ClF2N2. The van der Waals surface area contributed by atoms with E-state index in [1.807, 2.05) is 0 Å². The van der Waals surface area contributed by atoms with Crippen molar-refractivity contribution in [1.82, 2.24) is 4.98 Å². The third-order valence-electron chi connectivity index (χ3n) is 1.53. The number of alkyl halides is 2. The van der Waals surface area contributed by atoms with Gasteiger partial charge in [0.2, 0.25) is 0 Å². The van der Waals surface area contributed by atoms with Crippen molar-refractivity contribution in [3.8, 4) is 6.07 Å². The van der Waals surface area contributed by atoms with Crippen molar-refractivity contribution in [2.45, 2.75) is 13.3 Å². The summed E-state index contributed by atoms with van der Waals surface area (Å²) in [6, 6.07) is 2.94. The van der Waals surface area contributed by atoms with Crippen molar-refractivity contribution in [3.63, 3.8) is 0 Å². The van der Waals surface area contributed by atoms with E-state index in [1.54, 1.807) is 6.07 Å². The molecule has 0 atom stereocenters. The van der Waals surface area contributed by atoms with E-state index in [1.165, 1.54) is 13.0 Å². The Balaban J connectivity index is 3.31. The molecule has 0 fully saturated rings. The summed E-state index contributed by atoms with van der Waals surface area (Å²) in [4.78, 5) is 3.54. The highest BCUT2D eigenvalue weighted by atomic mass is 35.5. The molecule has 0 aliphatic carbocycles. The van der Waals surface area contributed by atoms with Crippen LogP contribution in [0.25, 0.3) is 0 Å². The average Bonchev–Trinajstić information content (AvgIpc) is 2.07. The molecule has 0 saturated carbocycles. The summed E-state index contributed by atoms with van der Waals surface area (Å²) in [6.07, 6.45) is -2.66. The Kier molecular flexibility index (Phi) is 2.79. The van der Waals surface area contributed by atoms with Crippen LogP contribution in [0.1, 0.15) is 23.2 Å². The Morgan fingerprint density at radius 3 is 2.69 bits per heavy atom. The van der Waals surface area contributed by atoms with Crippen LogP contribution in [0.3, 0.4) is 0 Å². The fraction of sp³-hybridized carbons (Fsp3) is 0.250. The lowest BCUT2D eigenvalue weighted by Crippen LogP contribution is -1.95. The topological polar surface area (TPSA) is 36.7 Å². The molecule has 68 valence electrons. The van der Waals surface area contributed by atoms with Gasteiger partial charge in [0.1, 0.15) is 16.9 Å². The zero-order valence-corrected chi connectivity index (χ0v) is 7.44. The summed E-state index contributed by atoms with van der Waals surface area (Å²) < 4.78 is 24.5. The molecule has 5 heteroatoms. The first-order valence-corrected chi connectivity index (χ1v) is 3.79. The predicted molar refractivity (Wildman–Crippen MR) is 43.7 cm³/mol. The van der Waals surface area contributed by atoms with E-state index in [0.717, 1.165) is 0 Å². The maximum Gasteiger partial charge on any atom is 0.266 e. The van der Waals surface area contributed by atoms with Crippen LogP contribution in [0.5, 0.6) is 0 Å². The zero-order chi connectivity index (χ0) is 10.0. The van der Waals surface area contributed by atoms with Crippen molar-refractivity contribution in [1.29, 1.82) is 5.26 Å². The van der Waals surface area contributed by atoms with E-state index in [2.05, 4.69) is 4.98 Å². The Hall–Kier alpha value is -1.21. The minimum absolute atomic E-state index is 0.0781. The van der Waals surface area contributed by atoms with Crippen molar-refractivity contribution < 1.29 is 8.78 Å². The number of aryl methyl sites for hydroxylation is 1. The lowest BCUT2D eigenvalue weighted by atomic mass is 10.1. The summed E-state index contributed by atoms with van der Waals surface area (Å²) in [5.41, 5.74) is 0.148. The van der Waals surface area contributed by atoms with Gasteiger partial charge in [-0.15, -0.1) is 0 Å². The minimum Gasteiger partial charge on any atom is -0.225 e. The number of hydrogen-bond donors (Lipinski definition) is 0. The van der Waals surface area contributed by atoms with Crippen LogP contribution in [0.4, 0.5) is 8.78 Å². The van der Waals surface area contributed by atoms with E-state index in [4.69, 9.17) is 16.9 Å². The first-order valence-electron chi connectivity index (χ1n) is 3.41. The quantitative estimate of drug-likeness (QED) is 0.657. The molecule has 0 radical (unpaired) electrons. The SMILES string of the molecule is Cc1cc(C(F)F)c(Cl)nc1C#N. The average molecular weight is 203 g/mol. The molecule has 0 spiro atoms. The maximum absolute atomic E-state index is 12.2. The molecule has 0 aromatic carbocycles. The van der Waals surface area contributed by atoms with E-state index >= 15 is 0 Å². The number of nitriles is 1. The van der Waals surface area contributed by atoms with E-state index in [0.29, 0.717) is 5.56 Å². The largest absolute Gasteiger partial charge is 0.266 e. The number of nitrogens with zero attached hydrogens (tertiary/aromatic N) is 2. The van der Waals surface area contributed by atoms with Gasteiger partial charge in [-0.1, -0.05) is 11.6 Å². The standard InChI is InChI=1S/C8H5ClF2N2/c1-4-2-5(8(10)11)7(9)13-6(4)3-12/h2,8H,1H3. The molecule has 0 N–H and O–H groups in total. The van der Waals surface area contributed by atoms with E-state index in [-0.39, 0.29) is 16.4 Å². The Labute approximate surface area is 78.8 Å². The molecule has 2 nitrogen and oxygen atoms in total. The highest BCUT2D eigenvalue weighted by molar-refractivity contribution is 6.30. The lowest BCUT2D eigenvalue weighted by Gasteiger charge is -2.04. The van der Waals surface area contributed by atoms with Gasteiger partial charge in [0.25, 0.3) is 6.43 Å². The van der Waals surface area contributed by atoms with Gasteiger partial charge in [0.15, 0.2) is 0 Å². The van der Waals surface area contributed by atoms with Gasteiger partial charge in [-0.3, -0.25) is 0 Å². The fourth-order valence-corrected chi connectivity index (χ4v) is 1.10. The van der Waals surface area contributed by atoms with Gasteiger partial charge in [-0.25, -0.2) is 13.8 Å². The maximum atomic E-state index is 12.2. The fourth-order valence-electron chi connectivity index (χ4n) is 0.878. The first-order chi connectivity index (χ1) is 6.06. The monoisotopic (exact) mass is 202 g/mol. The molecule has 1 heterocycles. The van der Waals surface area contributed by atoms with Crippen LogP contribution in [-0.4, -0.2) is 4.98 Å². The van der Waals surface area contributed by atoms with Crippen LogP contribution in [0.15, 0.2) is 6.07 Å². The molecule has 1 aromatic heterocycles. The summed E-state index contributed by atoms with van der Waals surface area (Å²) in [6.45, 7) is 1.54. The molecule has 0 aliphatic rings. The second-order valence-electron chi connectivity index (χ2n) is 2.45. The molecule has 13 heavy (non-hydrogen) atoms. The van der Waals surface area contributed by atoms with Crippen LogP contribution in [-0.2, 0) is 0 Å². The number of halogens is 3. The lowest BCUT2D eigenvalue weighted by molar-refractivity contribution is 0.151. The number of hydrogen-bond acceptors (Lipinski definition) is 2. The van der Waals surface area contributed by atoms with Crippen LogP contribution >= 0.6 is 11.6 Å². The third-order valence-corrected chi connectivity index (χ3v) is 1.84. The Bertz CT molecular complexity index is 371. The van der Waals surface area contributed by atoms with Crippen LogP contribution in [0.2, 0.25) is 5.15 Å². The first kappa shape index (κ1) is 9.87. The summed E-state index contributed by atoms with van der Waals surface area (Å²) in [5.74, 6) is 0. The van der Waals surface area contributed by atoms with Gasteiger partial charge in [-0.2, -0.15) is 5.26 Å². The second kappa shape index (κ2) is 3.67. The molecule has 0 bridgehead atoms. The summed E-state index contributed by atoms with van der Waals surface area (Å²) >= 11 is 5.43. The number of aromatic nitrogens is 1. The highest BCUT2D eigenvalue weighted by Gasteiger charge is 2.15. The predicted octanol–water partition coefficient (Wildman–Crippen LogP) is 2.85. The number of pyridine rings is 1. The van der Waals surface area contributed by atoms with Gasteiger partial charge in [-0.05, 0) is 18.6 Å². The zero-order valence-electron chi connectivity index (χ0n) is 6.68. The normalized spacial score (nSPS) is 10.2. The molecule has 0 saturated heterocycles. The third kappa shape index (κ3) is 1.93. The molecule has 0 amide bonds. The minimum atomic E-state index is -2.66. The second-order valence-corrected chi connectivity index (χ2v) is 2.80. The molecule has 0 aliphatic heterocycles. The molecule has 1 rings (SSSR count). The van der Waals surface area contributed by atoms with Crippen molar-refractivity contribution >= 4 is 11.6 Å². The van der Waals surface area contributed by atoms with Crippen LogP contribution in [0, 0.1) is 18.3 Å². The van der Waals surface area contributed by atoms with Crippen molar-refractivity contribution in [2.24, 2.45) is 0 Å². The van der Waals surface area contributed by atoms with Gasteiger partial charge >= 0.3 is 0 Å². The van der Waals surface area contributed by atoms with Crippen LogP contribution < -0.4 is 0 Å². The van der Waals surface area contributed by atoms with Gasteiger partial charge in [0, 0.05) is 0 Å². The van der Waals surface area contributed by atoms with E-state index < -0.39 is 6.43 Å². The number of rotatable bonds is 1. The van der Waals surface area contributed by atoms with Crippen molar-refractivity contribution in [2.75, 3.05) is 0 Å². The van der Waals surface area contributed by atoms with E-state index in [9.17, 15) is 8.78 Å². The Morgan fingerprint density at radius 1 is 1.62 bits per heavy atom. The summed E-state index contributed by atoms with van der Waals surface area (Å²) in [5, 5.41) is 8.21. The smallest absolute Gasteiger partial charge is 0.225 e. The molecule has 0 unspecified atom stereocenters. The summed E-state index contributed by atoms with van der Waals surface area (Å²) in [7, 11) is 0. The highest BCUT2D eigenvalue weighted by Crippen LogP contribution is 2.26. The Morgan fingerprint density at radius 2 is 2.23 bits per heavy atom. The molecular weight excluding hydrogens is 198 g/mol. The molecule has 1 aromatic rings. The van der Waals surface area contributed by atoms with Gasteiger partial charge in [0.05, 0.1) is 5.56 Å².